The van der Waals surface area contributed by atoms with Crippen molar-refractivity contribution >= 4 is 17.7 Å². The van der Waals surface area contributed by atoms with Gasteiger partial charge in [-0.2, -0.15) is 0 Å². The van der Waals surface area contributed by atoms with Gasteiger partial charge in [-0.05, 0) is 25.0 Å². The van der Waals surface area contributed by atoms with Crippen LogP contribution in [0.5, 0.6) is 0 Å². The number of anilines is 1. The van der Waals surface area contributed by atoms with Crippen LogP contribution in [-0.4, -0.2) is 27.6 Å². The molecule has 2 rings (SSSR count). The Morgan fingerprint density at radius 2 is 2.06 bits per heavy atom. The lowest BCUT2D eigenvalue weighted by Gasteiger charge is -2.25. The number of hydrogen-bond donors (Lipinski definition) is 3. The van der Waals surface area contributed by atoms with Gasteiger partial charge in [0.15, 0.2) is 0 Å². The first-order valence-corrected chi connectivity index (χ1v) is 5.85. The molecule has 0 saturated heterocycles. The Morgan fingerprint density at radius 3 is 2.61 bits per heavy atom. The van der Waals surface area contributed by atoms with Crippen molar-refractivity contribution in [3.63, 3.8) is 0 Å². The number of carbonyl (C=O) groups is 2. The predicted octanol–water partition coefficient (Wildman–Crippen LogP) is 1.60. The third-order valence-electron chi connectivity index (χ3n) is 3.14. The first-order valence-electron chi connectivity index (χ1n) is 5.85. The average molecular weight is 249 g/mol. The van der Waals surface area contributed by atoms with E-state index in [0.29, 0.717) is 18.5 Å². The van der Waals surface area contributed by atoms with Crippen LogP contribution in [0, 0.1) is 0 Å². The Hall–Kier alpha value is -2.11. The summed E-state index contributed by atoms with van der Waals surface area (Å²) in [4.78, 5) is 26.9. The number of urea groups is 1. The van der Waals surface area contributed by atoms with Crippen LogP contribution < -0.4 is 10.6 Å². The zero-order chi connectivity index (χ0) is 13.0. The van der Waals surface area contributed by atoms with Gasteiger partial charge in [-0.15, -0.1) is 0 Å². The molecule has 18 heavy (non-hydrogen) atoms. The molecule has 6 nitrogen and oxygen atoms in total. The van der Waals surface area contributed by atoms with Gasteiger partial charge in [0, 0.05) is 6.20 Å². The molecule has 96 valence electrons. The minimum atomic E-state index is -1.12. The third kappa shape index (κ3) is 2.58. The summed E-state index contributed by atoms with van der Waals surface area (Å²) in [6, 6.07) is 2.87. The number of rotatable bonds is 3. The van der Waals surface area contributed by atoms with Gasteiger partial charge >= 0.3 is 12.0 Å². The van der Waals surface area contributed by atoms with Crippen molar-refractivity contribution in [2.75, 3.05) is 5.32 Å². The van der Waals surface area contributed by atoms with Crippen molar-refractivity contribution in [2.24, 2.45) is 0 Å². The van der Waals surface area contributed by atoms with Crippen molar-refractivity contribution in [2.45, 2.75) is 31.2 Å². The molecule has 1 aromatic heterocycles. The molecule has 1 aromatic rings. The number of aromatic nitrogens is 1. The molecular weight excluding hydrogens is 234 g/mol. The van der Waals surface area contributed by atoms with Gasteiger partial charge in [0.25, 0.3) is 0 Å². The van der Waals surface area contributed by atoms with E-state index in [4.69, 9.17) is 0 Å². The fraction of sp³-hybridized carbons (Fsp3) is 0.417. The van der Waals surface area contributed by atoms with E-state index < -0.39 is 17.5 Å². The van der Waals surface area contributed by atoms with E-state index in [1.54, 1.807) is 18.3 Å². The summed E-state index contributed by atoms with van der Waals surface area (Å²) in [5.74, 6) is -0.971. The minimum Gasteiger partial charge on any atom is -0.480 e. The van der Waals surface area contributed by atoms with Crippen LogP contribution in [0.15, 0.2) is 24.5 Å². The van der Waals surface area contributed by atoms with Crippen LogP contribution in [-0.2, 0) is 4.79 Å². The fourth-order valence-corrected chi connectivity index (χ4v) is 2.19. The van der Waals surface area contributed by atoms with Crippen molar-refractivity contribution < 1.29 is 14.7 Å². The highest BCUT2D eigenvalue weighted by Gasteiger charge is 2.42. The average Bonchev–Trinajstić information content (AvgIpc) is 2.80. The summed E-state index contributed by atoms with van der Waals surface area (Å²) in [6.45, 7) is 0. The summed E-state index contributed by atoms with van der Waals surface area (Å²) in [6.07, 6.45) is 5.69. The highest BCUT2D eigenvalue weighted by molar-refractivity contribution is 5.93. The Labute approximate surface area is 104 Å². The molecule has 0 unspecified atom stereocenters. The lowest BCUT2D eigenvalue weighted by atomic mass is 9.98. The Morgan fingerprint density at radius 1 is 1.33 bits per heavy atom. The molecule has 1 saturated carbocycles. The van der Waals surface area contributed by atoms with Gasteiger partial charge in [0.05, 0.1) is 11.9 Å². The lowest BCUT2D eigenvalue weighted by molar-refractivity contribution is -0.144. The quantitative estimate of drug-likeness (QED) is 0.758. The normalized spacial score (nSPS) is 17.1. The molecule has 0 spiro atoms. The van der Waals surface area contributed by atoms with E-state index in [1.165, 1.54) is 6.20 Å². The zero-order valence-electron chi connectivity index (χ0n) is 9.85. The molecule has 0 atom stereocenters. The summed E-state index contributed by atoms with van der Waals surface area (Å²) in [5, 5.41) is 14.4. The van der Waals surface area contributed by atoms with Crippen molar-refractivity contribution in [3.05, 3.63) is 24.5 Å². The largest absolute Gasteiger partial charge is 0.480 e. The molecule has 0 radical (unpaired) electrons. The molecule has 1 aliphatic rings. The maximum Gasteiger partial charge on any atom is 0.329 e. The number of hydrogen-bond acceptors (Lipinski definition) is 3. The van der Waals surface area contributed by atoms with Crippen molar-refractivity contribution in [1.82, 2.24) is 10.3 Å². The highest BCUT2D eigenvalue weighted by atomic mass is 16.4. The van der Waals surface area contributed by atoms with E-state index >= 15 is 0 Å². The lowest BCUT2D eigenvalue weighted by Crippen LogP contribution is -2.53. The molecule has 3 N–H and O–H groups in total. The number of carboxylic acid groups (broad SMARTS) is 1. The topological polar surface area (TPSA) is 91.3 Å². The van der Waals surface area contributed by atoms with Gasteiger partial charge in [0.1, 0.15) is 5.54 Å². The minimum absolute atomic E-state index is 0.475. The standard InChI is InChI=1S/C12H15N3O3/c16-10(17)12(5-1-2-6-12)15-11(18)14-9-4-3-7-13-8-9/h3-4,7-8H,1-2,5-6H2,(H,16,17)(H2,14,15,18). The SMILES string of the molecule is O=C(Nc1cccnc1)NC1(C(=O)O)CCCC1. The number of carboxylic acids is 1. The van der Waals surface area contributed by atoms with E-state index in [9.17, 15) is 14.7 Å². The van der Waals surface area contributed by atoms with Crippen molar-refractivity contribution in [1.29, 1.82) is 0 Å². The van der Waals surface area contributed by atoms with E-state index in [1.807, 2.05) is 0 Å². The molecule has 0 aromatic carbocycles. The zero-order valence-corrected chi connectivity index (χ0v) is 9.85. The summed E-state index contributed by atoms with van der Waals surface area (Å²) in [7, 11) is 0. The number of aliphatic carboxylic acids is 1. The van der Waals surface area contributed by atoms with Crippen LogP contribution in [0.1, 0.15) is 25.7 Å². The molecule has 0 aliphatic heterocycles. The van der Waals surface area contributed by atoms with Gasteiger partial charge in [-0.3, -0.25) is 4.98 Å². The Bertz CT molecular complexity index is 441. The fourth-order valence-electron chi connectivity index (χ4n) is 2.19. The molecule has 1 fully saturated rings. The smallest absolute Gasteiger partial charge is 0.329 e. The number of nitrogens with zero attached hydrogens (tertiary/aromatic N) is 1. The Balaban J connectivity index is 2.00. The maximum atomic E-state index is 11.8. The first-order chi connectivity index (χ1) is 8.62. The second-order valence-electron chi connectivity index (χ2n) is 4.42. The van der Waals surface area contributed by atoms with E-state index in [0.717, 1.165) is 12.8 Å². The van der Waals surface area contributed by atoms with Crippen LogP contribution in [0.3, 0.4) is 0 Å². The van der Waals surface area contributed by atoms with Gasteiger partial charge in [-0.1, -0.05) is 12.8 Å². The highest BCUT2D eigenvalue weighted by Crippen LogP contribution is 2.29. The van der Waals surface area contributed by atoms with Crippen molar-refractivity contribution in [3.8, 4) is 0 Å². The second-order valence-corrected chi connectivity index (χ2v) is 4.42. The van der Waals surface area contributed by atoms with Crippen LogP contribution in [0.4, 0.5) is 10.5 Å². The first kappa shape index (κ1) is 12.3. The summed E-state index contributed by atoms with van der Waals surface area (Å²) < 4.78 is 0. The van der Waals surface area contributed by atoms with Crippen LogP contribution in [0.2, 0.25) is 0 Å². The van der Waals surface area contributed by atoms with Crippen LogP contribution >= 0.6 is 0 Å². The molecule has 2 amide bonds. The Kier molecular flexibility index (Phi) is 3.45. The van der Waals surface area contributed by atoms with Gasteiger partial charge < -0.3 is 15.7 Å². The third-order valence-corrected chi connectivity index (χ3v) is 3.14. The number of nitrogens with one attached hydrogen (secondary N) is 2. The summed E-state index contributed by atoms with van der Waals surface area (Å²) >= 11 is 0. The summed E-state index contributed by atoms with van der Waals surface area (Å²) in [5.41, 5.74) is -0.583. The number of pyridine rings is 1. The predicted molar refractivity (Wildman–Crippen MR) is 65.2 cm³/mol. The second kappa shape index (κ2) is 5.03. The van der Waals surface area contributed by atoms with E-state index in [2.05, 4.69) is 15.6 Å². The molecule has 1 heterocycles. The van der Waals surface area contributed by atoms with Crippen LogP contribution in [0.25, 0.3) is 0 Å². The number of carbonyl (C=O) groups excluding carboxylic acids is 1. The maximum absolute atomic E-state index is 11.8. The van der Waals surface area contributed by atoms with Gasteiger partial charge in [0.2, 0.25) is 0 Å². The molecule has 1 aliphatic carbocycles. The monoisotopic (exact) mass is 249 g/mol. The van der Waals surface area contributed by atoms with Gasteiger partial charge in [-0.25, -0.2) is 9.59 Å². The molecule has 6 heteroatoms. The number of amides is 2. The molecule has 0 bridgehead atoms. The van der Waals surface area contributed by atoms with E-state index in [-0.39, 0.29) is 0 Å². The molecular formula is C12H15N3O3.